The van der Waals surface area contributed by atoms with Gasteiger partial charge in [0, 0.05) is 21.5 Å². The summed E-state index contributed by atoms with van der Waals surface area (Å²) in [5.74, 6) is 0. The zero-order valence-corrected chi connectivity index (χ0v) is 22.9. The Morgan fingerprint density at radius 1 is 0.561 bits per heavy atom. The Morgan fingerprint density at radius 2 is 1.02 bits per heavy atom. The lowest BCUT2D eigenvalue weighted by Crippen LogP contribution is -2.03. The molecule has 0 fully saturated rings. The van der Waals surface area contributed by atoms with Gasteiger partial charge in [0.25, 0.3) is 0 Å². The summed E-state index contributed by atoms with van der Waals surface area (Å²) in [7, 11) is 0. The minimum atomic E-state index is -0.420. The first-order chi connectivity index (χ1) is 20.1. The molecule has 8 rings (SSSR count). The predicted octanol–water partition coefficient (Wildman–Crippen LogP) is 8.04. The van der Waals surface area contributed by atoms with Gasteiger partial charge >= 0.3 is 11.3 Å². The molecule has 0 aliphatic carbocycles. The van der Waals surface area contributed by atoms with Crippen molar-refractivity contribution in [3.8, 4) is 22.5 Å². The fourth-order valence-corrected chi connectivity index (χ4v) is 6.95. The zero-order valence-electron chi connectivity index (χ0n) is 21.3. The Labute approximate surface area is 239 Å². The normalized spacial score (nSPS) is 11.7. The van der Waals surface area contributed by atoms with Crippen molar-refractivity contribution < 1.29 is 8.83 Å². The third-order valence-corrected chi connectivity index (χ3v) is 8.94. The number of aromatic nitrogens is 2. The predicted molar refractivity (Wildman–Crippen MR) is 165 cm³/mol. The maximum absolute atomic E-state index is 12.9. The van der Waals surface area contributed by atoms with Gasteiger partial charge < -0.3 is 8.83 Å². The van der Waals surface area contributed by atoms with Crippen LogP contribution in [0.4, 0.5) is 0 Å². The first-order valence-corrected chi connectivity index (χ1v) is 14.7. The fourth-order valence-electron chi connectivity index (χ4n) is 5.26. The number of rotatable bonds is 4. The molecule has 8 aromatic rings. The van der Waals surface area contributed by atoms with E-state index >= 15 is 0 Å². The molecule has 0 atom stereocenters. The molecule has 0 saturated carbocycles. The van der Waals surface area contributed by atoms with Crippen LogP contribution >= 0.6 is 22.7 Å². The molecule has 4 aromatic heterocycles. The summed E-state index contributed by atoms with van der Waals surface area (Å²) in [6.45, 7) is 0. The van der Waals surface area contributed by atoms with Crippen LogP contribution in [0.25, 0.3) is 66.0 Å². The van der Waals surface area contributed by atoms with Gasteiger partial charge in [0.05, 0.1) is 28.9 Å². The van der Waals surface area contributed by atoms with Crippen LogP contribution in [0.15, 0.2) is 114 Å². The molecule has 6 nitrogen and oxygen atoms in total. The quantitative estimate of drug-likeness (QED) is 0.157. The molecule has 0 radical (unpaired) electrons. The highest BCUT2D eigenvalue weighted by atomic mass is 32.1. The van der Waals surface area contributed by atoms with Crippen LogP contribution < -0.4 is 11.3 Å². The molecule has 0 aliphatic heterocycles. The SMILES string of the molecule is O=c1oc2ccc3ccccc3c2cc1-c1csc(Cc2nc(-c3cc4c(ccc5ccccc54)oc3=O)cs2)n1. The molecule has 0 amide bonds. The molecule has 8 heteroatoms. The summed E-state index contributed by atoms with van der Waals surface area (Å²) >= 11 is 2.93. The monoisotopic (exact) mass is 570 g/mol. The maximum atomic E-state index is 12.9. The van der Waals surface area contributed by atoms with Gasteiger partial charge in [0.2, 0.25) is 0 Å². The lowest BCUT2D eigenvalue weighted by Gasteiger charge is -2.04. The summed E-state index contributed by atoms with van der Waals surface area (Å²) in [6, 6.07) is 27.3. The maximum Gasteiger partial charge on any atom is 0.345 e. The van der Waals surface area contributed by atoms with E-state index in [0.717, 1.165) is 42.3 Å². The second kappa shape index (κ2) is 9.33. The molecule has 4 heterocycles. The number of nitrogens with zero attached hydrogens (tertiary/aromatic N) is 2. The first-order valence-electron chi connectivity index (χ1n) is 12.9. The van der Waals surface area contributed by atoms with E-state index in [1.54, 1.807) is 0 Å². The lowest BCUT2D eigenvalue weighted by atomic mass is 10.0. The Balaban J connectivity index is 1.13. The minimum absolute atomic E-state index is 0.420. The summed E-state index contributed by atoms with van der Waals surface area (Å²) in [5.41, 5.74) is 2.27. The minimum Gasteiger partial charge on any atom is -0.422 e. The second-order valence-electron chi connectivity index (χ2n) is 9.72. The molecule has 0 spiro atoms. The largest absolute Gasteiger partial charge is 0.422 e. The average Bonchev–Trinajstić information content (AvgIpc) is 3.66. The van der Waals surface area contributed by atoms with Crippen molar-refractivity contribution >= 4 is 66.2 Å². The standard InChI is InChI=1S/C33H18N2O4S2/c36-32-24(13-22-20-7-3-1-5-18(20)9-11-28(22)38-32)26-16-40-30(34-26)15-31-35-27(17-41-31)25-14-23-21-8-4-2-6-19(21)10-12-29(23)39-33(25)37/h1-14,16-17H,15H2. The van der Waals surface area contributed by atoms with Crippen molar-refractivity contribution in [2.24, 2.45) is 0 Å². The summed E-state index contributed by atoms with van der Waals surface area (Å²) in [6.07, 6.45) is 0.485. The zero-order chi connectivity index (χ0) is 27.5. The third-order valence-electron chi connectivity index (χ3n) is 7.24. The smallest absolute Gasteiger partial charge is 0.345 e. The summed E-state index contributed by atoms with van der Waals surface area (Å²) in [4.78, 5) is 35.2. The number of benzene rings is 4. The van der Waals surface area contributed by atoms with Crippen LogP contribution in [0, 0.1) is 0 Å². The lowest BCUT2D eigenvalue weighted by molar-refractivity contribution is 0.563. The highest BCUT2D eigenvalue weighted by molar-refractivity contribution is 7.11. The van der Waals surface area contributed by atoms with Crippen LogP contribution in [0.1, 0.15) is 10.0 Å². The second-order valence-corrected chi connectivity index (χ2v) is 11.6. The van der Waals surface area contributed by atoms with E-state index in [-0.39, 0.29) is 0 Å². The Kier molecular flexibility index (Phi) is 5.44. The Morgan fingerprint density at radius 3 is 1.51 bits per heavy atom. The topological polar surface area (TPSA) is 86.2 Å². The van der Waals surface area contributed by atoms with Crippen molar-refractivity contribution in [1.82, 2.24) is 9.97 Å². The number of hydrogen-bond donors (Lipinski definition) is 0. The van der Waals surface area contributed by atoms with Crippen molar-refractivity contribution in [3.63, 3.8) is 0 Å². The molecule has 0 unspecified atom stereocenters. The van der Waals surface area contributed by atoms with Gasteiger partial charge in [-0.15, -0.1) is 22.7 Å². The van der Waals surface area contributed by atoms with Gasteiger partial charge in [0.1, 0.15) is 21.2 Å². The van der Waals surface area contributed by atoms with Crippen molar-refractivity contribution in [3.05, 3.63) is 127 Å². The van der Waals surface area contributed by atoms with E-state index in [2.05, 4.69) is 0 Å². The third kappa shape index (κ3) is 4.07. The molecule has 196 valence electrons. The summed E-state index contributed by atoms with van der Waals surface area (Å²) in [5, 5.41) is 11.3. The Hall–Kier alpha value is -4.92. The molecule has 0 bridgehead atoms. The van der Waals surface area contributed by atoms with Gasteiger partial charge in [-0.05, 0) is 45.8 Å². The van der Waals surface area contributed by atoms with Crippen LogP contribution in [0.3, 0.4) is 0 Å². The van der Waals surface area contributed by atoms with E-state index in [1.165, 1.54) is 22.7 Å². The van der Waals surface area contributed by atoms with Gasteiger partial charge in [-0.3, -0.25) is 0 Å². The van der Waals surface area contributed by atoms with E-state index < -0.39 is 11.3 Å². The van der Waals surface area contributed by atoms with E-state index in [1.807, 2.05) is 95.7 Å². The summed E-state index contributed by atoms with van der Waals surface area (Å²) < 4.78 is 11.3. The molecule has 41 heavy (non-hydrogen) atoms. The van der Waals surface area contributed by atoms with Gasteiger partial charge in [-0.1, -0.05) is 60.7 Å². The van der Waals surface area contributed by atoms with Gasteiger partial charge in [0.15, 0.2) is 0 Å². The number of thiazole rings is 2. The molecule has 0 saturated heterocycles. The first kappa shape index (κ1) is 23.9. The number of fused-ring (bicyclic) bond motifs is 6. The van der Waals surface area contributed by atoms with Gasteiger partial charge in [-0.25, -0.2) is 19.6 Å². The molecule has 0 aliphatic rings. The highest BCUT2D eigenvalue weighted by Crippen LogP contribution is 2.31. The van der Waals surface area contributed by atoms with Crippen LogP contribution in [0.5, 0.6) is 0 Å². The highest BCUT2D eigenvalue weighted by Gasteiger charge is 2.16. The van der Waals surface area contributed by atoms with E-state index in [4.69, 9.17) is 18.8 Å². The fraction of sp³-hybridized carbons (Fsp3) is 0.0303. The van der Waals surface area contributed by atoms with E-state index in [9.17, 15) is 9.59 Å². The number of hydrogen-bond acceptors (Lipinski definition) is 8. The van der Waals surface area contributed by atoms with Crippen LogP contribution in [-0.4, -0.2) is 9.97 Å². The van der Waals surface area contributed by atoms with Gasteiger partial charge in [-0.2, -0.15) is 0 Å². The van der Waals surface area contributed by atoms with Crippen molar-refractivity contribution in [1.29, 1.82) is 0 Å². The van der Waals surface area contributed by atoms with Crippen LogP contribution in [0.2, 0.25) is 0 Å². The van der Waals surface area contributed by atoms with E-state index in [0.29, 0.717) is 40.1 Å². The average molecular weight is 571 g/mol. The van der Waals surface area contributed by atoms with Crippen LogP contribution in [-0.2, 0) is 6.42 Å². The molecule has 0 N–H and O–H groups in total. The Bertz CT molecular complexity index is 2250. The van der Waals surface area contributed by atoms with Crippen molar-refractivity contribution in [2.45, 2.75) is 6.42 Å². The molecule has 4 aromatic carbocycles. The molecular formula is C33H18N2O4S2. The van der Waals surface area contributed by atoms with Crippen molar-refractivity contribution in [2.75, 3.05) is 0 Å². The molecular weight excluding hydrogens is 553 g/mol.